The van der Waals surface area contributed by atoms with Crippen LogP contribution in [0, 0.1) is 0 Å². The zero-order valence-corrected chi connectivity index (χ0v) is 6.62. The SMILES string of the molecule is Brc1ccn2nncc2c1. The van der Waals surface area contributed by atoms with Crippen molar-refractivity contribution >= 4 is 21.4 Å². The number of pyridine rings is 1. The van der Waals surface area contributed by atoms with Crippen LogP contribution in [0.1, 0.15) is 0 Å². The van der Waals surface area contributed by atoms with E-state index in [0.717, 1.165) is 9.99 Å². The monoisotopic (exact) mass is 197 g/mol. The first kappa shape index (κ1) is 5.85. The maximum absolute atomic E-state index is 3.81. The Kier molecular flexibility index (Phi) is 1.20. The van der Waals surface area contributed by atoms with Gasteiger partial charge in [0.2, 0.25) is 0 Å². The highest BCUT2D eigenvalue weighted by molar-refractivity contribution is 9.10. The molecule has 2 aromatic heterocycles. The second-order valence-electron chi connectivity index (χ2n) is 1.95. The van der Waals surface area contributed by atoms with Gasteiger partial charge in [-0.25, -0.2) is 4.52 Å². The lowest BCUT2D eigenvalue weighted by molar-refractivity contribution is 0.855. The zero-order valence-electron chi connectivity index (χ0n) is 5.03. The van der Waals surface area contributed by atoms with Crippen LogP contribution in [-0.2, 0) is 0 Å². The Morgan fingerprint density at radius 3 is 3.30 bits per heavy atom. The van der Waals surface area contributed by atoms with Crippen LogP contribution in [0.3, 0.4) is 0 Å². The summed E-state index contributed by atoms with van der Waals surface area (Å²) in [7, 11) is 0. The molecule has 0 bridgehead atoms. The minimum Gasteiger partial charge on any atom is -0.221 e. The van der Waals surface area contributed by atoms with Crippen LogP contribution in [0.2, 0.25) is 0 Å². The predicted octanol–water partition coefficient (Wildman–Crippen LogP) is 1.49. The van der Waals surface area contributed by atoms with Gasteiger partial charge in [0.05, 0.1) is 11.7 Å². The van der Waals surface area contributed by atoms with E-state index < -0.39 is 0 Å². The fourth-order valence-electron chi connectivity index (χ4n) is 0.802. The molecule has 0 atom stereocenters. The predicted molar refractivity (Wildman–Crippen MR) is 40.7 cm³/mol. The number of hydrogen-bond donors (Lipinski definition) is 0. The third kappa shape index (κ3) is 0.806. The van der Waals surface area contributed by atoms with Crippen LogP contribution in [-0.4, -0.2) is 14.8 Å². The molecule has 0 aromatic carbocycles. The third-order valence-corrected chi connectivity index (χ3v) is 1.76. The molecule has 50 valence electrons. The molecule has 0 aliphatic rings. The molecule has 2 aromatic rings. The number of aromatic nitrogens is 3. The van der Waals surface area contributed by atoms with E-state index in [-0.39, 0.29) is 0 Å². The van der Waals surface area contributed by atoms with Crippen LogP contribution in [0.4, 0.5) is 0 Å². The van der Waals surface area contributed by atoms with E-state index in [9.17, 15) is 0 Å². The van der Waals surface area contributed by atoms with E-state index in [0.29, 0.717) is 0 Å². The van der Waals surface area contributed by atoms with Gasteiger partial charge in [-0.1, -0.05) is 21.1 Å². The Hall–Kier alpha value is -0.900. The van der Waals surface area contributed by atoms with Crippen molar-refractivity contribution in [3.8, 4) is 0 Å². The molecule has 0 unspecified atom stereocenters. The van der Waals surface area contributed by atoms with Gasteiger partial charge in [0.1, 0.15) is 0 Å². The second-order valence-corrected chi connectivity index (χ2v) is 2.86. The van der Waals surface area contributed by atoms with Crippen molar-refractivity contribution in [1.29, 1.82) is 0 Å². The number of halogens is 1. The summed E-state index contributed by atoms with van der Waals surface area (Å²) in [5.41, 5.74) is 0.995. The summed E-state index contributed by atoms with van der Waals surface area (Å²) < 4.78 is 2.76. The van der Waals surface area contributed by atoms with E-state index >= 15 is 0 Å². The molecular weight excluding hydrogens is 194 g/mol. The molecule has 2 rings (SSSR count). The molecule has 0 aliphatic carbocycles. The van der Waals surface area contributed by atoms with Crippen molar-refractivity contribution in [2.24, 2.45) is 0 Å². The van der Waals surface area contributed by atoms with Gasteiger partial charge in [-0.15, -0.1) is 5.10 Å². The topological polar surface area (TPSA) is 30.2 Å². The van der Waals surface area contributed by atoms with Crippen molar-refractivity contribution in [1.82, 2.24) is 14.8 Å². The van der Waals surface area contributed by atoms with Gasteiger partial charge in [-0.2, -0.15) is 0 Å². The normalized spacial score (nSPS) is 10.5. The summed E-state index contributed by atoms with van der Waals surface area (Å²) in [5, 5.41) is 7.54. The summed E-state index contributed by atoms with van der Waals surface area (Å²) in [5.74, 6) is 0. The van der Waals surface area contributed by atoms with Crippen LogP contribution in [0.25, 0.3) is 5.52 Å². The van der Waals surface area contributed by atoms with Crippen LogP contribution in [0.15, 0.2) is 29.0 Å². The van der Waals surface area contributed by atoms with Crippen LogP contribution in [0.5, 0.6) is 0 Å². The van der Waals surface area contributed by atoms with Gasteiger partial charge in [-0.05, 0) is 12.1 Å². The Morgan fingerprint density at radius 1 is 1.50 bits per heavy atom. The first-order valence-electron chi connectivity index (χ1n) is 2.82. The Labute approximate surface area is 65.8 Å². The van der Waals surface area contributed by atoms with E-state index in [4.69, 9.17) is 0 Å². The molecule has 4 heteroatoms. The van der Waals surface area contributed by atoms with E-state index in [1.807, 2.05) is 18.3 Å². The average molecular weight is 198 g/mol. The Balaban J connectivity index is 2.86. The third-order valence-electron chi connectivity index (χ3n) is 1.26. The minimum atomic E-state index is 0.995. The van der Waals surface area contributed by atoms with E-state index in [1.54, 1.807) is 10.7 Å². The lowest BCUT2D eigenvalue weighted by Crippen LogP contribution is -1.84. The average Bonchev–Trinajstić information content (AvgIpc) is 2.33. The summed E-state index contributed by atoms with van der Waals surface area (Å²) in [6.07, 6.45) is 3.57. The van der Waals surface area contributed by atoms with Gasteiger partial charge >= 0.3 is 0 Å². The molecule has 0 radical (unpaired) electrons. The van der Waals surface area contributed by atoms with Crippen molar-refractivity contribution in [3.63, 3.8) is 0 Å². The fourth-order valence-corrected chi connectivity index (χ4v) is 1.15. The second kappa shape index (κ2) is 2.05. The highest BCUT2D eigenvalue weighted by Crippen LogP contribution is 2.10. The largest absolute Gasteiger partial charge is 0.221 e. The molecule has 0 spiro atoms. The minimum absolute atomic E-state index is 0.995. The molecule has 10 heavy (non-hydrogen) atoms. The number of fused-ring (bicyclic) bond motifs is 1. The van der Waals surface area contributed by atoms with Crippen LogP contribution >= 0.6 is 15.9 Å². The summed E-state index contributed by atoms with van der Waals surface area (Å²) in [6.45, 7) is 0. The van der Waals surface area contributed by atoms with Crippen molar-refractivity contribution in [2.75, 3.05) is 0 Å². The molecule has 0 saturated heterocycles. The van der Waals surface area contributed by atoms with Gasteiger partial charge in [0.15, 0.2) is 0 Å². The lowest BCUT2D eigenvalue weighted by atomic mass is 10.4. The molecule has 3 nitrogen and oxygen atoms in total. The number of hydrogen-bond acceptors (Lipinski definition) is 2. The zero-order chi connectivity index (χ0) is 6.97. The maximum atomic E-state index is 3.81. The van der Waals surface area contributed by atoms with Gasteiger partial charge in [0.25, 0.3) is 0 Å². The molecule has 0 saturated carbocycles. The standard InChI is InChI=1S/C6H4BrN3/c7-5-1-2-10-6(3-5)4-8-9-10/h1-4H. The molecule has 0 amide bonds. The van der Waals surface area contributed by atoms with Crippen molar-refractivity contribution in [2.45, 2.75) is 0 Å². The maximum Gasteiger partial charge on any atom is 0.0876 e. The van der Waals surface area contributed by atoms with Crippen molar-refractivity contribution < 1.29 is 0 Å². The first-order valence-corrected chi connectivity index (χ1v) is 3.61. The Morgan fingerprint density at radius 2 is 2.40 bits per heavy atom. The first-order chi connectivity index (χ1) is 4.86. The smallest absolute Gasteiger partial charge is 0.0876 e. The van der Waals surface area contributed by atoms with E-state index in [2.05, 4.69) is 26.2 Å². The number of rotatable bonds is 0. The van der Waals surface area contributed by atoms with Crippen molar-refractivity contribution in [3.05, 3.63) is 29.0 Å². The molecule has 0 N–H and O–H groups in total. The van der Waals surface area contributed by atoms with Crippen LogP contribution < -0.4 is 0 Å². The van der Waals surface area contributed by atoms with E-state index in [1.165, 1.54) is 0 Å². The highest BCUT2D eigenvalue weighted by Gasteiger charge is 1.92. The number of nitrogens with zero attached hydrogens (tertiary/aromatic N) is 3. The lowest BCUT2D eigenvalue weighted by Gasteiger charge is -1.89. The molecule has 0 aliphatic heterocycles. The fraction of sp³-hybridized carbons (Fsp3) is 0. The highest BCUT2D eigenvalue weighted by atomic mass is 79.9. The molecular formula is C6H4BrN3. The molecule has 2 heterocycles. The van der Waals surface area contributed by atoms with Gasteiger partial charge in [-0.3, -0.25) is 0 Å². The summed E-state index contributed by atoms with van der Waals surface area (Å²) in [6, 6.07) is 3.88. The Bertz CT molecular complexity index is 355. The molecule has 0 fully saturated rings. The quantitative estimate of drug-likeness (QED) is 0.641. The summed E-state index contributed by atoms with van der Waals surface area (Å²) >= 11 is 3.35. The summed E-state index contributed by atoms with van der Waals surface area (Å²) in [4.78, 5) is 0. The van der Waals surface area contributed by atoms with Gasteiger partial charge < -0.3 is 0 Å². The van der Waals surface area contributed by atoms with Gasteiger partial charge in [0, 0.05) is 10.7 Å².